The van der Waals surface area contributed by atoms with Gasteiger partial charge in [0.2, 0.25) is 10.0 Å². The lowest BCUT2D eigenvalue weighted by Crippen LogP contribution is -2.26. The van der Waals surface area contributed by atoms with Gasteiger partial charge in [0.25, 0.3) is 0 Å². The predicted octanol–water partition coefficient (Wildman–Crippen LogP) is 0.716. The number of rotatable bonds is 6. The minimum absolute atomic E-state index is 0.00501. The third kappa shape index (κ3) is 3.85. The molecule has 2 heterocycles. The van der Waals surface area contributed by atoms with Crippen LogP contribution in [0.5, 0.6) is 0 Å². The van der Waals surface area contributed by atoms with Crippen LogP contribution in [0.3, 0.4) is 0 Å². The zero-order chi connectivity index (χ0) is 15.5. The van der Waals surface area contributed by atoms with Crippen molar-refractivity contribution in [1.29, 1.82) is 0 Å². The molecule has 2 aromatic rings. The molecule has 114 valence electrons. The lowest BCUT2D eigenvalue weighted by molar-refractivity contribution is 0.520. The van der Waals surface area contributed by atoms with Gasteiger partial charge in [-0.25, -0.2) is 17.4 Å². The summed E-state index contributed by atoms with van der Waals surface area (Å²) < 4.78 is 26.4. The molecule has 1 atom stereocenters. The molecule has 0 saturated heterocycles. The van der Waals surface area contributed by atoms with Crippen molar-refractivity contribution >= 4 is 10.0 Å². The predicted molar refractivity (Wildman–Crippen MR) is 79.2 cm³/mol. The molecular formula is C13H19N5O2S. The third-order valence-electron chi connectivity index (χ3n) is 3.29. The Morgan fingerprint density at radius 1 is 1.38 bits per heavy atom. The van der Waals surface area contributed by atoms with E-state index in [9.17, 15) is 8.42 Å². The first kappa shape index (κ1) is 15.6. The molecule has 0 spiro atoms. The van der Waals surface area contributed by atoms with E-state index in [1.54, 1.807) is 23.3 Å². The Kier molecular flexibility index (Phi) is 4.69. The number of aryl methyl sites for hydroxylation is 1. The van der Waals surface area contributed by atoms with Gasteiger partial charge in [0.05, 0.1) is 17.5 Å². The lowest BCUT2D eigenvalue weighted by Gasteiger charge is -2.11. The maximum Gasteiger partial charge on any atom is 0.213 e. The van der Waals surface area contributed by atoms with Crippen LogP contribution in [0.1, 0.15) is 24.2 Å². The monoisotopic (exact) mass is 309 g/mol. The zero-order valence-electron chi connectivity index (χ0n) is 12.3. The summed E-state index contributed by atoms with van der Waals surface area (Å²) in [6, 6.07) is 3.84. The molecule has 21 heavy (non-hydrogen) atoms. The molecule has 0 bridgehead atoms. The van der Waals surface area contributed by atoms with E-state index in [-0.39, 0.29) is 11.8 Å². The van der Waals surface area contributed by atoms with E-state index >= 15 is 0 Å². The van der Waals surface area contributed by atoms with Crippen LogP contribution in [0, 0.1) is 0 Å². The highest BCUT2D eigenvalue weighted by Crippen LogP contribution is 2.15. The Balaban J connectivity index is 2.05. The van der Waals surface area contributed by atoms with Gasteiger partial charge in [0, 0.05) is 39.1 Å². The number of sulfonamides is 1. The summed E-state index contributed by atoms with van der Waals surface area (Å²) >= 11 is 0. The van der Waals surface area contributed by atoms with Crippen LogP contribution in [0.25, 0.3) is 0 Å². The van der Waals surface area contributed by atoms with Gasteiger partial charge in [-0.2, -0.15) is 0 Å². The van der Waals surface area contributed by atoms with Crippen LogP contribution in [0.4, 0.5) is 0 Å². The highest BCUT2D eigenvalue weighted by Gasteiger charge is 2.16. The second-order valence-electron chi connectivity index (χ2n) is 5.00. The first-order valence-corrected chi connectivity index (χ1v) is 8.22. The van der Waals surface area contributed by atoms with Crippen molar-refractivity contribution in [2.24, 2.45) is 0 Å². The highest BCUT2D eigenvalue weighted by atomic mass is 32.2. The van der Waals surface area contributed by atoms with E-state index in [1.807, 2.05) is 19.1 Å². The van der Waals surface area contributed by atoms with Gasteiger partial charge in [-0.1, -0.05) is 11.3 Å². The summed E-state index contributed by atoms with van der Waals surface area (Å²) in [5.41, 5.74) is 1.69. The van der Waals surface area contributed by atoms with Crippen LogP contribution in [0.2, 0.25) is 0 Å². The minimum atomic E-state index is -3.21. The van der Waals surface area contributed by atoms with E-state index in [1.165, 1.54) is 18.4 Å². The first-order chi connectivity index (χ1) is 9.90. The van der Waals surface area contributed by atoms with E-state index in [4.69, 9.17) is 0 Å². The van der Waals surface area contributed by atoms with E-state index in [0.29, 0.717) is 12.1 Å². The largest absolute Gasteiger partial charge is 0.264 e. The number of aromatic nitrogens is 4. The molecule has 7 nitrogen and oxygen atoms in total. The van der Waals surface area contributed by atoms with E-state index in [0.717, 1.165) is 5.56 Å². The standard InChI is InChI=1S/C13H19N5O2S/c1-11(12-5-4-7-14-9-12)18-10-13(15-16-18)6-8-21(19,20)17(2)3/h4-5,7,9-11H,6,8H2,1-3H3/t11-/m0/s1. The molecule has 2 rings (SSSR count). The quantitative estimate of drug-likeness (QED) is 0.785. The van der Waals surface area contributed by atoms with E-state index < -0.39 is 10.0 Å². The van der Waals surface area contributed by atoms with Crippen molar-refractivity contribution in [2.75, 3.05) is 19.8 Å². The van der Waals surface area contributed by atoms with Gasteiger partial charge >= 0.3 is 0 Å². The molecule has 2 aromatic heterocycles. The Morgan fingerprint density at radius 2 is 2.14 bits per heavy atom. The minimum Gasteiger partial charge on any atom is -0.264 e. The second-order valence-corrected chi connectivity index (χ2v) is 7.30. The highest BCUT2D eigenvalue weighted by molar-refractivity contribution is 7.89. The number of pyridine rings is 1. The molecule has 8 heteroatoms. The van der Waals surface area contributed by atoms with Crippen LogP contribution in [-0.4, -0.2) is 52.5 Å². The maximum atomic E-state index is 11.7. The third-order valence-corrected chi connectivity index (χ3v) is 5.13. The van der Waals surface area contributed by atoms with Crippen molar-refractivity contribution < 1.29 is 8.42 Å². The average Bonchev–Trinajstić information content (AvgIpc) is 2.94. The Hall–Kier alpha value is -1.80. The second kappa shape index (κ2) is 6.31. The molecule has 0 fully saturated rings. The van der Waals surface area contributed by atoms with Crippen LogP contribution in [0.15, 0.2) is 30.7 Å². The normalized spacial score (nSPS) is 13.5. The van der Waals surface area contributed by atoms with Gasteiger partial charge < -0.3 is 0 Å². The summed E-state index contributed by atoms with van der Waals surface area (Å²) in [5, 5.41) is 8.10. The van der Waals surface area contributed by atoms with Gasteiger partial charge in [-0.15, -0.1) is 5.10 Å². The average molecular weight is 309 g/mol. The van der Waals surface area contributed by atoms with Gasteiger partial charge in [-0.05, 0) is 18.6 Å². The molecule has 0 N–H and O–H groups in total. The topological polar surface area (TPSA) is 81.0 Å². The smallest absolute Gasteiger partial charge is 0.213 e. The lowest BCUT2D eigenvalue weighted by atomic mass is 10.1. The Labute approximate surface area is 124 Å². The molecule has 0 saturated carbocycles. The molecule has 0 aromatic carbocycles. The number of nitrogens with zero attached hydrogens (tertiary/aromatic N) is 5. The maximum absolute atomic E-state index is 11.7. The molecule has 0 amide bonds. The molecule has 0 aliphatic rings. The van der Waals surface area contributed by atoms with Crippen LogP contribution < -0.4 is 0 Å². The first-order valence-electron chi connectivity index (χ1n) is 6.61. The summed E-state index contributed by atoms with van der Waals surface area (Å²) in [5.74, 6) is 0.0277. The van der Waals surface area contributed by atoms with E-state index in [2.05, 4.69) is 15.3 Å². The summed E-state index contributed by atoms with van der Waals surface area (Å²) in [6.45, 7) is 1.99. The molecule has 0 aliphatic carbocycles. The molecular weight excluding hydrogens is 290 g/mol. The van der Waals surface area contributed by atoms with Crippen molar-refractivity contribution in [1.82, 2.24) is 24.3 Å². The number of hydrogen-bond donors (Lipinski definition) is 0. The van der Waals surface area contributed by atoms with Crippen molar-refractivity contribution in [3.05, 3.63) is 42.0 Å². The van der Waals surface area contributed by atoms with Crippen molar-refractivity contribution in [3.8, 4) is 0 Å². The van der Waals surface area contributed by atoms with Gasteiger partial charge in [0.1, 0.15) is 0 Å². The fourth-order valence-corrected chi connectivity index (χ4v) is 2.64. The summed E-state index contributed by atoms with van der Waals surface area (Å²) in [7, 11) is -0.164. The van der Waals surface area contributed by atoms with Crippen LogP contribution in [-0.2, 0) is 16.4 Å². The molecule has 0 radical (unpaired) electrons. The fourth-order valence-electron chi connectivity index (χ4n) is 1.81. The number of hydrogen-bond acceptors (Lipinski definition) is 5. The fraction of sp³-hybridized carbons (Fsp3) is 0.462. The van der Waals surface area contributed by atoms with Crippen molar-refractivity contribution in [3.63, 3.8) is 0 Å². The van der Waals surface area contributed by atoms with Gasteiger partial charge in [0.15, 0.2) is 0 Å². The van der Waals surface area contributed by atoms with Crippen molar-refractivity contribution in [2.45, 2.75) is 19.4 Å². The van der Waals surface area contributed by atoms with Gasteiger partial charge in [-0.3, -0.25) is 4.98 Å². The zero-order valence-corrected chi connectivity index (χ0v) is 13.2. The van der Waals surface area contributed by atoms with Crippen LogP contribution >= 0.6 is 0 Å². The SMILES string of the molecule is C[C@@H](c1cccnc1)n1cc(CCS(=O)(=O)N(C)C)nn1. The summed E-state index contributed by atoms with van der Waals surface area (Å²) in [4.78, 5) is 4.08. The summed E-state index contributed by atoms with van der Waals surface area (Å²) in [6.07, 6.45) is 5.63. The Morgan fingerprint density at radius 3 is 2.76 bits per heavy atom. The molecule has 0 aliphatic heterocycles. The molecule has 0 unspecified atom stereocenters. The Bertz CT molecular complexity index is 682.